The number of nitrogens with zero attached hydrogens (tertiary/aromatic N) is 1. The van der Waals surface area contributed by atoms with E-state index in [1.54, 1.807) is 0 Å². The Balaban J connectivity index is 1.06. The molecule has 13 rings (SSSR count). The molecule has 0 atom stereocenters. The van der Waals surface area contributed by atoms with Crippen molar-refractivity contribution < 1.29 is 0 Å². The minimum absolute atomic E-state index is 1.19. The molecule has 0 unspecified atom stereocenters. The van der Waals surface area contributed by atoms with E-state index in [4.69, 9.17) is 0 Å². The fraction of sp³-hybridized carbons (Fsp3) is 0. The van der Waals surface area contributed by atoms with Crippen LogP contribution in [0.25, 0.3) is 122 Å². The normalized spacial score (nSPS) is 12.4. The Morgan fingerprint density at radius 1 is 0.309 bits per heavy atom. The summed E-state index contributed by atoms with van der Waals surface area (Å²) in [5.41, 5.74) is 6.21. The quantitative estimate of drug-likeness (QED) is 0.156. The maximum absolute atomic E-state index is 2.47. The Morgan fingerprint density at radius 2 is 0.818 bits per heavy atom. The highest BCUT2D eigenvalue weighted by molar-refractivity contribution is 7.27. The lowest BCUT2D eigenvalue weighted by Crippen LogP contribution is -1.93. The van der Waals surface area contributed by atoms with E-state index in [9.17, 15) is 0 Å². The van der Waals surface area contributed by atoms with E-state index in [2.05, 4.69) is 180 Å². The molecule has 0 amide bonds. The van der Waals surface area contributed by atoms with Gasteiger partial charge in [-0.15, -0.1) is 22.7 Å². The fourth-order valence-corrected chi connectivity index (χ4v) is 12.0. The number of rotatable bonds is 2. The van der Waals surface area contributed by atoms with E-state index in [1.807, 2.05) is 22.7 Å². The highest BCUT2D eigenvalue weighted by atomic mass is 32.1. The molecule has 3 heterocycles. The second-order valence-corrected chi connectivity index (χ2v) is 16.9. The second-order valence-electron chi connectivity index (χ2n) is 14.8. The number of thiophene rings is 2. The highest BCUT2D eigenvalue weighted by Gasteiger charge is 2.19. The van der Waals surface area contributed by atoms with Gasteiger partial charge in [-0.2, -0.15) is 0 Å². The van der Waals surface area contributed by atoms with Gasteiger partial charge in [0, 0.05) is 62.2 Å². The van der Waals surface area contributed by atoms with E-state index in [0.717, 1.165) is 0 Å². The van der Waals surface area contributed by atoms with Gasteiger partial charge in [0.25, 0.3) is 0 Å². The molecule has 0 radical (unpaired) electrons. The van der Waals surface area contributed by atoms with Gasteiger partial charge in [-0.25, -0.2) is 0 Å². The van der Waals surface area contributed by atoms with E-state index in [1.165, 1.54) is 122 Å². The monoisotopic (exact) mass is 731 g/mol. The van der Waals surface area contributed by atoms with Crippen molar-refractivity contribution in [2.24, 2.45) is 0 Å². The summed E-state index contributed by atoms with van der Waals surface area (Å²) in [6.45, 7) is 0. The Bertz CT molecular complexity index is 3690. The van der Waals surface area contributed by atoms with Crippen molar-refractivity contribution in [1.29, 1.82) is 0 Å². The molecule has 1 nitrogen and oxygen atoms in total. The summed E-state index contributed by atoms with van der Waals surface area (Å²) < 4.78 is 7.76. The first-order valence-corrected chi connectivity index (χ1v) is 20.5. The maximum atomic E-state index is 2.47. The number of hydrogen-bond acceptors (Lipinski definition) is 2. The SMILES string of the molecule is c1ccc2c(c1)c(-c1ccc3sc4ccc(-n5c6ccccc6c6ccccc65)cc4c3c1)cc1sc3c(ccc4c5ccccc5c5ccccc5c43)c12. The van der Waals surface area contributed by atoms with Gasteiger partial charge in [-0.1, -0.05) is 127 Å². The van der Waals surface area contributed by atoms with Crippen LogP contribution < -0.4 is 0 Å². The molecule has 0 saturated carbocycles. The fourth-order valence-electron chi connectivity index (χ4n) is 9.60. The zero-order valence-corrected chi connectivity index (χ0v) is 31.1. The first kappa shape index (κ1) is 29.9. The summed E-state index contributed by atoms with van der Waals surface area (Å²) in [4.78, 5) is 0. The lowest BCUT2D eigenvalue weighted by Gasteiger charge is -2.11. The van der Waals surface area contributed by atoms with E-state index >= 15 is 0 Å². The van der Waals surface area contributed by atoms with Gasteiger partial charge < -0.3 is 4.57 Å². The number of benzene rings is 10. The Kier molecular flexibility index (Phi) is 5.99. The van der Waals surface area contributed by atoms with Gasteiger partial charge >= 0.3 is 0 Å². The number of fused-ring (bicyclic) bond motifs is 18. The molecule has 10 aromatic carbocycles. The summed E-state index contributed by atoms with van der Waals surface area (Å²) in [6, 6.07) is 65.7. The molecule has 0 spiro atoms. The largest absolute Gasteiger partial charge is 0.309 e. The minimum Gasteiger partial charge on any atom is -0.309 e. The maximum Gasteiger partial charge on any atom is 0.0541 e. The van der Waals surface area contributed by atoms with Gasteiger partial charge in [0.1, 0.15) is 0 Å². The van der Waals surface area contributed by atoms with Crippen LogP contribution in [-0.2, 0) is 0 Å². The first-order valence-electron chi connectivity index (χ1n) is 18.8. The van der Waals surface area contributed by atoms with Crippen LogP contribution in [0.1, 0.15) is 0 Å². The van der Waals surface area contributed by atoms with Crippen LogP contribution in [0.2, 0.25) is 0 Å². The number of para-hydroxylation sites is 2. The van der Waals surface area contributed by atoms with Crippen LogP contribution in [0.3, 0.4) is 0 Å². The zero-order chi connectivity index (χ0) is 35.8. The predicted octanol–water partition coefficient (Wildman–Crippen LogP) is 15.8. The topological polar surface area (TPSA) is 4.93 Å². The summed E-state index contributed by atoms with van der Waals surface area (Å²) >= 11 is 3.83. The standard InChI is InChI=1S/C52H29NS2/c1-2-13-34-32(11-1)33-12-3-6-18-39(33)51-40(34)23-24-41-50-38-17-5-4-14-35(38)42(29-49(50)55-52(41)51)30-21-25-47-43(27-30)44-28-31(22-26-48(44)54-47)53-45-19-9-7-15-36(45)37-16-8-10-20-46(37)53/h1-29H. The van der Waals surface area contributed by atoms with Gasteiger partial charge in [0.05, 0.1) is 11.0 Å². The van der Waals surface area contributed by atoms with Gasteiger partial charge in [0.2, 0.25) is 0 Å². The first-order chi connectivity index (χ1) is 27.3. The van der Waals surface area contributed by atoms with Gasteiger partial charge in [-0.05, 0) is 97.4 Å². The minimum atomic E-state index is 1.19. The van der Waals surface area contributed by atoms with Crippen molar-refractivity contribution >= 4 is 128 Å². The second kappa shape index (κ2) is 11.0. The molecule has 55 heavy (non-hydrogen) atoms. The van der Waals surface area contributed by atoms with Crippen molar-refractivity contribution in [3.8, 4) is 16.8 Å². The Hall–Kier alpha value is -6.52. The van der Waals surface area contributed by atoms with Crippen molar-refractivity contribution in [3.05, 3.63) is 176 Å². The van der Waals surface area contributed by atoms with Crippen molar-refractivity contribution in [3.63, 3.8) is 0 Å². The lowest BCUT2D eigenvalue weighted by atomic mass is 9.91. The van der Waals surface area contributed by atoms with Gasteiger partial charge in [0.15, 0.2) is 0 Å². The van der Waals surface area contributed by atoms with Crippen LogP contribution in [-0.4, -0.2) is 4.57 Å². The molecule has 0 aliphatic carbocycles. The van der Waals surface area contributed by atoms with E-state index < -0.39 is 0 Å². The van der Waals surface area contributed by atoms with Crippen molar-refractivity contribution in [1.82, 2.24) is 4.57 Å². The molecule has 3 aromatic heterocycles. The third-order valence-electron chi connectivity index (χ3n) is 12.0. The molecule has 0 N–H and O–H groups in total. The van der Waals surface area contributed by atoms with Crippen LogP contribution in [0.15, 0.2) is 176 Å². The third-order valence-corrected chi connectivity index (χ3v) is 14.3. The van der Waals surface area contributed by atoms with Crippen LogP contribution in [0.5, 0.6) is 0 Å². The van der Waals surface area contributed by atoms with Crippen LogP contribution in [0.4, 0.5) is 0 Å². The Morgan fingerprint density at radius 3 is 1.51 bits per heavy atom. The summed E-state index contributed by atoms with van der Waals surface area (Å²) in [6.07, 6.45) is 0. The van der Waals surface area contributed by atoms with Gasteiger partial charge in [-0.3, -0.25) is 0 Å². The number of aromatic nitrogens is 1. The third kappa shape index (κ3) is 4.06. The molecule has 0 saturated heterocycles. The van der Waals surface area contributed by atoms with Crippen molar-refractivity contribution in [2.75, 3.05) is 0 Å². The molecular weight excluding hydrogens is 703 g/mol. The molecular formula is C52H29NS2. The predicted molar refractivity (Wildman–Crippen MR) is 242 cm³/mol. The molecule has 0 aliphatic rings. The van der Waals surface area contributed by atoms with Crippen LogP contribution >= 0.6 is 22.7 Å². The average Bonchev–Trinajstić information content (AvgIpc) is 3.92. The molecule has 0 aliphatic heterocycles. The smallest absolute Gasteiger partial charge is 0.0541 e. The van der Waals surface area contributed by atoms with E-state index in [0.29, 0.717) is 0 Å². The zero-order valence-electron chi connectivity index (χ0n) is 29.5. The van der Waals surface area contributed by atoms with Crippen LogP contribution in [0, 0.1) is 0 Å². The lowest BCUT2D eigenvalue weighted by molar-refractivity contribution is 1.19. The molecule has 0 fully saturated rings. The molecule has 254 valence electrons. The van der Waals surface area contributed by atoms with E-state index in [-0.39, 0.29) is 0 Å². The summed E-state index contributed by atoms with van der Waals surface area (Å²) in [5.74, 6) is 0. The number of hydrogen-bond donors (Lipinski definition) is 0. The summed E-state index contributed by atoms with van der Waals surface area (Å²) in [7, 11) is 0. The summed E-state index contributed by atoms with van der Waals surface area (Å²) in [5, 5.41) is 18.5. The molecule has 3 heteroatoms. The highest BCUT2D eigenvalue weighted by Crippen LogP contribution is 2.48. The molecule has 0 bridgehead atoms. The molecule has 13 aromatic rings. The average molecular weight is 732 g/mol. The Labute approximate surface area is 323 Å². The van der Waals surface area contributed by atoms with Crippen molar-refractivity contribution in [2.45, 2.75) is 0 Å².